The van der Waals surface area contributed by atoms with E-state index in [0.29, 0.717) is 19.1 Å². The molecule has 0 aromatic carbocycles. The number of guanidine groups is 1. The Hall–Kier alpha value is -0.380. The Morgan fingerprint density at radius 3 is 3.00 bits per heavy atom. The summed E-state index contributed by atoms with van der Waals surface area (Å²) in [6.45, 7) is 2.01. The molecule has 7 heteroatoms. The van der Waals surface area contributed by atoms with Crippen LogP contribution in [0.15, 0.2) is 22.5 Å². The van der Waals surface area contributed by atoms with Crippen molar-refractivity contribution < 1.29 is 9.47 Å². The molecule has 2 fully saturated rings. The van der Waals surface area contributed by atoms with Crippen molar-refractivity contribution in [3.05, 3.63) is 22.4 Å². The molecule has 2 aliphatic rings. The number of hydrogen-bond donors (Lipinski definition) is 2. The van der Waals surface area contributed by atoms with Crippen LogP contribution in [0.25, 0.3) is 0 Å². The van der Waals surface area contributed by atoms with E-state index < -0.39 is 0 Å². The van der Waals surface area contributed by atoms with Crippen LogP contribution in [0.4, 0.5) is 0 Å². The van der Waals surface area contributed by atoms with E-state index in [1.807, 2.05) is 0 Å². The van der Waals surface area contributed by atoms with Gasteiger partial charge in [-0.25, -0.2) is 0 Å². The molecule has 5 nitrogen and oxygen atoms in total. The molecule has 0 bridgehead atoms. The van der Waals surface area contributed by atoms with Gasteiger partial charge in [0.25, 0.3) is 0 Å². The summed E-state index contributed by atoms with van der Waals surface area (Å²) in [5.41, 5.74) is 5.88. The molecule has 1 aromatic heterocycles. The van der Waals surface area contributed by atoms with Crippen molar-refractivity contribution in [1.29, 1.82) is 0 Å². The standard InChI is InChI=1S/C15H23N3O2S.HI/c16-14(17-8-5-13-4-3-9-21-13)18-10-12-11-19-15(20-12)6-1-2-7-15;/h3-4,9,12H,1-2,5-8,10-11H2,(H3,16,17,18);1H. The van der Waals surface area contributed by atoms with Crippen LogP contribution in [0.5, 0.6) is 0 Å². The molecule has 0 radical (unpaired) electrons. The van der Waals surface area contributed by atoms with Crippen molar-refractivity contribution in [2.24, 2.45) is 10.7 Å². The van der Waals surface area contributed by atoms with E-state index in [1.165, 1.54) is 17.7 Å². The first-order chi connectivity index (χ1) is 10.3. The normalized spacial score (nSPS) is 23.6. The molecule has 1 unspecified atom stereocenters. The molecular formula is C15H24IN3O2S. The number of ether oxygens (including phenoxy) is 2. The summed E-state index contributed by atoms with van der Waals surface area (Å²) in [6, 6.07) is 4.19. The van der Waals surface area contributed by atoms with Gasteiger partial charge in [-0.1, -0.05) is 6.07 Å². The number of aliphatic imine (C=N–C) groups is 1. The Kier molecular flexibility index (Phi) is 6.91. The van der Waals surface area contributed by atoms with Crippen LogP contribution in [-0.4, -0.2) is 37.5 Å². The molecular weight excluding hydrogens is 413 g/mol. The van der Waals surface area contributed by atoms with Crippen LogP contribution in [0, 0.1) is 0 Å². The third-order valence-electron chi connectivity index (χ3n) is 4.00. The lowest BCUT2D eigenvalue weighted by Gasteiger charge is -2.21. The van der Waals surface area contributed by atoms with Gasteiger partial charge in [-0.15, -0.1) is 35.3 Å². The SMILES string of the molecule is I.NC(=NCC1COC2(CCCC2)O1)NCCc1cccs1. The molecule has 1 spiro atoms. The average molecular weight is 437 g/mol. The molecule has 2 heterocycles. The van der Waals surface area contributed by atoms with Gasteiger partial charge in [0.1, 0.15) is 6.10 Å². The Morgan fingerprint density at radius 1 is 1.45 bits per heavy atom. The van der Waals surface area contributed by atoms with Gasteiger partial charge in [-0.05, 0) is 30.7 Å². The molecule has 22 heavy (non-hydrogen) atoms. The number of thiophene rings is 1. The molecule has 3 rings (SSSR count). The molecule has 1 atom stereocenters. The van der Waals surface area contributed by atoms with Gasteiger partial charge in [-0.3, -0.25) is 4.99 Å². The molecule has 0 amide bonds. The maximum Gasteiger partial charge on any atom is 0.188 e. The summed E-state index contributed by atoms with van der Waals surface area (Å²) < 4.78 is 11.8. The number of rotatable bonds is 5. The second-order valence-corrected chi connectivity index (χ2v) is 6.68. The van der Waals surface area contributed by atoms with Gasteiger partial charge in [0, 0.05) is 24.3 Å². The Balaban J connectivity index is 0.00000176. The first-order valence-electron chi connectivity index (χ1n) is 7.64. The minimum absolute atomic E-state index is 0. The van der Waals surface area contributed by atoms with Crippen molar-refractivity contribution in [2.45, 2.75) is 44.0 Å². The molecule has 1 aliphatic carbocycles. The van der Waals surface area contributed by atoms with E-state index in [2.05, 4.69) is 27.8 Å². The predicted octanol–water partition coefficient (Wildman–Crippen LogP) is 2.50. The third-order valence-corrected chi connectivity index (χ3v) is 4.94. The zero-order valence-electron chi connectivity index (χ0n) is 12.6. The van der Waals surface area contributed by atoms with E-state index in [9.17, 15) is 0 Å². The largest absolute Gasteiger partial charge is 0.370 e. The monoisotopic (exact) mass is 437 g/mol. The lowest BCUT2D eigenvalue weighted by Crippen LogP contribution is -2.34. The second kappa shape index (κ2) is 8.47. The summed E-state index contributed by atoms with van der Waals surface area (Å²) >= 11 is 1.76. The zero-order chi connectivity index (χ0) is 14.5. The number of nitrogens with one attached hydrogen (secondary N) is 1. The molecule has 124 valence electrons. The maximum atomic E-state index is 6.01. The van der Waals surface area contributed by atoms with Crippen molar-refractivity contribution in [3.63, 3.8) is 0 Å². The highest BCUT2D eigenvalue weighted by atomic mass is 127. The van der Waals surface area contributed by atoms with Gasteiger partial charge in [0.15, 0.2) is 11.7 Å². The lowest BCUT2D eigenvalue weighted by molar-refractivity contribution is -0.160. The van der Waals surface area contributed by atoms with Crippen LogP contribution in [0.1, 0.15) is 30.6 Å². The average Bonchev–Trinajstić information content (AvgIpc) is 3.21. The Morgan fingerprint density at radius 2 is 2.27 bits per heavy atom. The van der Waals surface area contributed by atoms with Crippen LogP contribution >= 0.6 is 35.3 Å². The summed E-state index contributed by atoms with van der Waals surface area (Å²) in [5.74, 6) is 0.184. The van der Waals surface area contributed by atoms with Gasteiger partial charge >= 0.3 is 0 Å². The van der Waals surface area contributed by atoms with E-state index in [4.69, 9.17) is 15.2 Å². The van der Waals surface area contributed by atoms with Crippen molar-refractivity contribution in [1.82, 2.24) is 5.32 Å². The minimum atomic E-state index is -0.304. The van der Waals surface area contributed by atoms with E-state index in [1.54, 1.807) is 11.3 Å². The molecule has 3 N–H and O–H groups in total. The first-order valence-corrected chi connectivity index (χ1v) is 8.52. The topological polar surface area (TPSA) is 68.9 Å². The van der Waals surface area contributed by atoms with Crippen LogP contribution in [-0.2, 0) is 15.9 Å². The second-order valence-electron chi connectivity index (χ2n) is 5.65. The Bertz CT molecular complexity index is 475. The fourth-order valence-electron chi connectivity index (χ4n) is 2.91. The van der Waals surface area contributed by atoms with E-state index >= 15 is 0 Å². The van der Waals surface area contributed by atoms with Crippen LogP contribution < -0.4 is 11.1 Å². The number of nitrogens with zero attached hydrogens (tertiary/aromatic N) is 1. The smallest absolute Gasteiger partial charge is 0.188 e. The number of nitrogens with two attached hydrogens (primary N) is 1. The summed E-state index contributed by atoms with van der Waals surface area (Å²) in [4.78, 5) is 5.71. The molecule has 1 saturated heterocycles. The Labute approximate surface area is 152 Å². The highest BCUT2D eigenvalue weighted by Gasteiger charge is 2.43. The third kappa shape index (κ3) is 4.81. The quantitative estimate of drug-likeness (QED) is 0.422. The fraction of sp³-hybridized carbons (Fsp3) is 0.667. The summed E-state index contributed by atoms with van der Waals surface area (Å²) in [5, 5.41) is 5.23. The highest BCUT2D eigenvalue weighted by molar-refractivity contribution is 14.0. The number of halogens is 1. The van der Waals surface area contributed by atoms with Gasteiger partial charge in [-0.2, -0.15) is 0 Å². The first kappa shape index (κ1) is 18.0. The maximum absolute atomic E-state index is 6.01. The predicted molar refractivity (Wildman–Crippen MR) is 100.0 cm³/mol. The summed E-state index contributed by atoms with van der Waals surface area (Å²) in [6.07, 6.45) is 5.44. The number of hydrogen-bond acceptors (Lipinski definition) is 4. The van der Waals surface area contributed by atoms with Crippen molar-refractivity contribution in [3.8, 4) is 0 Å². The van der Waals surface area contributed by atoms with Crippen molar-refractivity contribution in [2.75, 3.05) is 19.7 Å². The minimum Gasteiger partial charge on any atom is -0.370 e. The molecule has 1 saturated carbocycles. The lowest BCUT2D eigenvalue weighted by atomic mass is 10.2. The molecule has 1 aliphatic heterocycles. The molecule has 1 aromatic rings. The van der Waals surface area contributed by atoms with E-state index in [-0.39, 0.29) is 35.9 Å². The highest BCUT2D eigenvalue weighted by Crippen LogP contribution is 2.39. The fourth-order valence-corrected chi connectivity index (χ4v) is 3.62. The van der Waals surface area contributed by atoms with Gasteiger partial charge in [0.05, 0.1) is 13.2 Å². The van der Waals surface area contributed by atoms with Gasteiger partial charge < -0.3 is 20.5 Å². The summed E-state index contributed by atoms with van der Waals surface area (Å²) in [7, 11) is 0. The van der Waals surface area contributed by atoms with Crippen LogP contribution in [0.2, 0.25) is 0 Å². The van der Waals surface area contributed by atoms with Crippen LogP contribution in [0.3, 0.4) is 0 Å². The van der Waals surface area contributed by atoms with Crippen molar-refractivity contribution >= 4 is 41.3 Å². The van der Waals surface area contributed by atoms with E-state index in [0.717, 1.165) is 25.8 Å². The zero-order valence-corrected chi connectivity index (χ0v) is 15.8. The van der Waals surface area contributed by atoms with Gasteiger partial charge in [0.2, 0.25) is 0 Å².